The van der Waals surface area contributed by atoms with Crippen molar-refractivity contribution in [2.45, 2.75) is 49.5 Å². The van der Waals surface area contributed by atoms with Crippen LogP contribution in [0.5, 0.6) is 0 Å². The Labute approximate surface area is 302 Å². The molecule has 6 heterocycles. The number of aromatic nitrogens is 8. The highest BCUT2D eigenvalue weighted by Gasteiger charge is 2.54. The highest BCUT2D eigenvalue weighted by molar-refractivity contribution is 7.70. The smallest absolute Gasteiger partial charge is 0.385 e. The first kappa shape index (κ1) is 41.3. The van der Waals surface area contributed by atoms with E-state index in [1.54, 1.807) is 0 Å². The van der Waals surface area contributed by atoms with Crippen LogP contribution in [0.25, 0.3) is 22.3 Å². The third-order valence-electron chi connectivity index (χ3n) is 7.36. The summed E-state index contributed by atoms with van der Waals surface area (Å²) < 4.78 is 95.8. The summed E-state index contributed by atoms with van der Waals surface area (Å²) in [5.41, 5.74) is 8.49. The van der Waals surface area contributed by atoms with Crippen molar-refractivity contribution >= 4 is 65.5 Å². The van der Waals surface area contributed by atoms with Crippen molar-refractivity contribution in [1.82, 2.24) is 39.0 Å². The average molecular weight is 868 g/mol. The first-order valence-electron chi connectivity index (χ1n) is 14.5. The maximum absolute atomic E-state index is 13.2. The number of phosphoric ester groups is 2. The summed E-state index contributed by atoms with van der Waals surface area (Å²) in [6.07, 6.45) is -14.1. The van der Waals surface area contributed by atoms with Crippen molar-refractivity contribution < 1.29 is 89.0 Å². The van der Waals surface area contributed by atoms with Gasteiger partial charge in [-0.1, -0.05) is 0 Å². The van der Waals surface area contributed by atoms with Crippen LogP contribution in [0.15, 0.2) is 22.2 Å². The Balaban J connectivity index is 1.12. The van der Waals surface area contributed by atoms with Crippen LogP contribution in [0, 0.1) is 0 Å². The number of hydrogen-bond donors (Lipinski definition) is 10. The number of imidazole rings is 2. The SMILES string of the molecule is COP(=O)(O[C@@H]1O[C@@H](n2cnc3c(=O)[nH]c(N)nc32)[C@H](O)[C@@H]1O)OP(=O)(O)OP(=O)(O)OP(=O)(OC)O[C@@H]1O[C@@H](n2cnc3c(=O)[nH]c(N)nc32)[C@H](O)[C@@H]1O. The standard InChI is InChI=1S/C20H28N10O21P4/c1-43-54(41,47-17-9(33)7(31)15(45-17)29-3-23-5-11(29)25-19(21)27-13(5)35)50-52(37,38)49-53(39,40)51-55(42,44-2)48-18-10(34)8(32)16(46-18)30-4-24-6-12(30)26-20(22)28-14(6)36/h3-4,7-10,15-18,31-34H,1-2H3,(H,37,38)(H,39,40)(H3,21,25,27,35)(H3,22,26,28,36)/t7-,8-,9+,10+,15-,16-,17+,18+,54?,55?/m1/s1. The number of aromatic amines is 2. The second-order valence-corrected chi connectivity index (χ2v) is 17.7. The van der Waals surface area contributed by atoms with Crippen molar-refractivity contribution in [3.8, 4) is 0 Å². The number of rotatable bonds is 14. The summed E-state index contributed by atoms with van der Waals surface area (Å²) in [5.74, 6) is -0.732. The fourth-order valence-corrected chi connectivity index (χ4v) is 10.7. The van der Waals surface area contributed by atoms with E-state index in [1.807, 2.05) is 0 Å². The topological polar surface area (TPSA) is 452 Å². The molecule has 12 atom stereocenters. The molecule has 4 aromatic heterocycles. The number of phosphoric acid groups is 4. The second kappa shape index (κ2) is 14.8. The molecule has 2 aliphatic heterocycles. The minimum absolute atomic E-state index is 0.244. The molecule has 304 valence electrons. The lowest BCUT2D eigenvalue weighted by Gasteiger charge is -2.25. The summed E-state index contributed by atoms with van der Waals surface area (Å²) >= 11 is 0. The van der Waals surface area contributed by atoms with Crippen LogP contribution >= 0.6 is 31.3 Å². The Kier molecular flexibility index (Phi) is 11.1. The molecule has 0 bridgehead atoms. The number of anilines is 2. The van der Waals surface area contributed by atoms with Gasteiger partial charge in [-0.25, -0.2) is 28.2 Å². The van der Waals surface area contributed by atoms with Crippen LogP contribution < -0.4 is 22.6 Å². The predicted octanol–water partition coefficient (Wildman–Crippen LogP) is -2.64. The van der Waals surface area contributed by atoms with E-state index in [2.05, 4.69) is 51.9 Å². The normalized spacial score (nSPS) is 30.3. The van der Waals surface area contributed by atoms with Crippen LogP contribution in [-0.2, 0) is 58.8 Å². The van der Waals surface area contributed by atoms with Gasteiger partial charge in [0.15, 0.2) is 47.4 Å². The van der Waals surface area contributed by atoms with E-state index in [9.17, 15) is 58.1 Å². The van der Waals surface area contributed by atoms with E-state index in [0.29, 0.717) is 14.2 Å². The summed E-state index contributed by atoms with van der Waals surface area (Å²) in [4.78, 5) is 64.4. The zero-order valence-electron chi connectivity index (χ0n) is 27.2. The van der Waals surface area contributed by atoms with Gasteiger partial charge in [-0.2, -0.15) is 22.9 Å². The van der Waals surface area contributed by atoms with Gasteiger partial charge in [0, 0.05) is 14.2 Å². The van der Waals surface area contributed by atoms with Gasteiger partial charge in [-0.15, -0.1) is 0 Å². The predicted molar refractivity (Wildman–Crippen MR) is 171 cm³/mol. The Bertz CT molecular complexity index is 2260. The lowest BCUT2D eigenvalue weighted by atomic mass is 10.2. The van der Waals surface area contributed by atoms with E-state index in [4.69, 9.17) is 30.0 Å². The van der Waals surface area contributed by atoms with Gasteiger partial charge in [0.25, 0.3) is 11.1 Å². The number of aliphatic hydroxyl groups is 4. The van der Waals surface area contributed by atoms with Gasteiger partial charge >= 0.3 is 31.3 Å². The van der Waals surface area contributed by atoms with E-state index in [-0.39, 0.29) is 34.2 Å². The Morgan fingerprint density at radius 3 is 1.38 bits per heavy atom. The number of hydrogen-bond acceptors (Lipinski definition) is 25. The maximum atomic E-state index is 13.2. The first-order chi connectivity index (χ1) is 25.6. The molecule has 0 amide bonds. The Morgan fingerprint density at radius 1 is 0.673 bits per heavy atom. The molecule has 0 aromatic carbocycles. The van der Waals surface area contributed by atoms with Crippen molar-refractivity contribution in [3.63, 3.8) is 0 Å². The fraction of sp³-hybridized carbons (Fsp3) is 0.500. The molecule has 12 N–H and O–H groups in total. The summed E-state index contributed by atoms with van der Waals surface area (Å²) in [5, 5.41) is 42.2. The molecule has 6 rings (SSSR count). The molecule has 2 saturated heterocycles. The molecule has 4 unspecified atom stereocenters. The summed E-state index contributed by atoms with van der Waals surface area (Å²) in [7, 11) is -22.3. The van der Waals surface area contributed by atoms with E-state index >= 15 is 0 Å². The van der Waals surface area contributed by atoms with Gasteiger partial charge in [-0.05, 0) is 0 Å². The third-order valence-corrected chi connectivity index (χ3v) is 14.1. The van der Waals surface area contributed by atoms with Crippen molar-refractivity contribution in [2.24, 2.45) is 0 Å². The van der Waals surface area contributed by atoms with Gasteiger partial charge in [0.05, 0.1) is 12.7 Å². The molecule has 0 aliphatic carbocycles. The monoisotopic (exact) mass is 868 g/mol. The van der Waals surface area contributed by atoms with Crippen molar-refractivity contribution in [2.75, 3.05) is 25.7 Å². The summed E-state index contributed by atoms with van der Waals surface area (Å²) in [6, 6.07) is 0. The number of nitrogen functional groups attached to an aromatic ring is 2. The van der Waals surface area contributed by atoms with Crippen molar-refractivity contribution in [1.29, 1.82) is 0 Å². The fourth-order valence-electron chi connectivity index (χ4n) is 5.01. The number of fused-ring (bicyclic) bond motifs is 2. The lowest BCUT2D eigenvalue weighted by molar-refractivity contribution is -0.134. The lowest BCUT2D eigenvalue weighted by Crippen LogP contribution is -2.32. The quantitative estimate of drug-likeness (QED) is 0.0579. The molecule has 35 heteroatoms. The molecule has 4 aromatic rings. The zero-order chi connectivity index (χ0) is 40.4. The van der Waals surface area contributed by atoms with Gasteiger partial charge in [0.2, 0.25) is 11.9 Å². The zero-order valence-corrected chi connectivity index (χ0v) is 30.8. The average Bonchev–Trinajstić information content (AvgIpc) is 3.82. The number of nitrogens with one attached hydrogen (secondary N) is 2. The highest BCUT2D eigenvalue weighted by atomic mass is 31.3. The Morgan fingerprint density at radius 2 is 1.04 bits per heavy atom. The summed E-state index contributed by atoms with van der Waals surface area (Å²) in [6.45, 7) is 0. The number of aliphatic hydroxyl groups excluding tert-OH is 4. The van der Waals surface area contributed by atoms with Crippen LogP contribution in [0.1, 0.15) is 12.5 Å². The van der Waals surface area contributed by atoms with Crippen molar-refractivity contribution in [3.05, 3.63) is 33.4 Å². The van der Waals surface area contributed by atoms with Gasteiger partial charge in [0.1, 0.15) is 24.4 Å². The van der Waals surface area contributed by atoms with Crippen LogP contribution in [0.4, 0.5) is 11.9 Å². The third kappa shape index (κ3) is 8.22. The van der Waals surface area contributed by atoms with Crippen LogP contribution in [0.2, 0.25) is 0 Å². The minimum atomic E-state index is -6.22. The molecule has 2 fully saturated rings. The van der Waals surface area contributed by atoms with E-state index < -0.39 is 91.9 Å². The molecular weight excluding hydrogens is 840 g/mol. The first-order valence-corrected chi connectivity index (χ1v) is 20.5. The number of nitrogens with zero attached hydrogens (tertiary/aromatic N) is 6. The van der Waals surface area contributed by atoms with Crippen LogP contribution in [-0.4, -0.2) is 120 Å². The second-order valence-electron chi connectivity index (χ2n) is 11.0. The molecule has 0 spiro atoms. The molecule has 55 heavy (non-hydrogen) atoms. The molecule has 0 saturated carbocycles. The minimum Gasteiger partial charge on any atom is -0.385 e. The number of H-pyrrole nitrogens is 2. The largest absolute Gasteiger partial charge is 0.490 e. The van der Waals surface area contributed by atoms with Crippen LogP contribution in [0.3, 0.4) is 0 Å². The van der Waals surface area contributed by atoms with Gasteiger partial charge < -0.3 is 51.2 Å². The number of nitrogens with two attached hydrogens (primary N) is 2. The highest BCUT2D eigenvalue weighted by Crippen LogP contribution is 2.73. The molecule has 2 aliphatic rings. The maximum Gasteiger partial charge on any atom is 0.490 e. The number of ether oxygens (including phenoxy) is 2. The van der Waals surface area contributed by atoms with E-state index in [0.717, 1.165) is 21.8 Å². The molecule has 31 nitrogen and oxygen atoms in total. The molecule has 0 radical (unpaired) electrons. The van der Waals surface area contributed by atoms with Gasteiger partial charge in [-0.3, -0.25) is 46.8 Å². The molecular formula is C20H28N10O21P4. The Hall–Kier alpha value is -3.38. The van der Waals surface area contributed by atoms with E-state index in [1.165, 1.54) is 0 Å².